The van der Waals surface area contributed by atoms with Crippen LogP contribution in [0.4, 0.5) is 0 Å². The van der Waals surface area contributed by atoms with Crippen molar-refractivity contribution >= 4 is 5.97 Å². The normalized spacial score (nSPS) is 46.2. The predicted molar refractivity (Wildman–Crippen MR) is 97.3 cm³/mol. The van der Waals surface area contributed by atoms with Crippen molar-refractivity contribution in [1.29, 1.82) is 0 Å². The van der Waals surface area contributed by atoms with Crippen molar-refractivity contribution < 1.29 is 19.0 Å². The molecular formula is C22H32O4. The second kappa shape index (κ2) is 6.07. The highest BCUT2D eigenvalue weighted by atomic mass is 16.7. The minimum absolute atomic E-state index is 0.112. The van der Waals surface area contributed by atoms with E-state index in [-0.39, 0.29) is 23.3 Å². The smallest absolute Gasteiger partial charge is 0.302 e. The van der Waals surface area contributed by atoms with Crippen LogP contribution in [0.5, 0.6) is 0 Å². The lowest BCUT2D eigenvalue weighted by molar-refractivity contribution is -0.177. The zero-order valence-electron chi connectivity index (χ0n) is 16.2. The van der Waals surface area contributed by atoms with E-state index in [0.29, 0.717) is 5.92 Å². The van der Waals surface area contributed by atoms with Gasteiger partial charge in [0.15, 0.2) is 5.79 Å². The van der Waals surface area contributed by atoms with Crippen molar-refractivity contribution in [3.05, 3.63) is 11.6 Å². The fourth-order valence-corrected chi connectivity index (χ4v) is 7.34. The van der Waals surface area contributed by atoms with Crippen LogP contribution in [0.1, 0.15) is 65.2 Å². The molecule has 0 unspecified atom stereocenters. The van der Waals surface area contributed by atoms with Crippen molar-refractivity contribution in [2.45, 2.75) is 77.1 Å². The minimum Gasteiger partial charge on any atom is -0.462 e. The van der Waals surface area contributed by atoms with Crippen LogP contribution in [0.15, 0.2) is 11.6 Å². The third-order valence-electron chi connectivity index (χ3n) is 8.48. The average molecular weight is 360 g/mol. The fourth-order valence-electron chi connectivity index (χ4n) is 7.34. The maximum absolute atomic E-state index is 11.6. The maximum atomic E-state index is 11.6. The van der Waals surface area contributed by atoms with E-state index in [1.165, 1.54) is 32.1 Å². The Morgan fingerprint density at radius 1 is 1.12 bits per heavy atom. The second-order valence-electron chi connectivity index (χ2n) is 9.60. The van der Waals surface area contributed by atoms with Gasteiger partial charge in [0.1, 0.15) is 6.10 Å². The van der Waals surface area contributed by atoms with E-state index in [0.717, 1.165) is 50.2 Å². The molecular weight excluding hydrogens is 328 g/mol. The quantitative estimate of drug-likeness (QED) is 0.518. The van der Waals surface area contributed by atoms with Gasteiger partial charge in [0.2, 0.25) is 0 Å². The first kappa shape index (κ1) is 17.2. The molecule has 26 heavy (non-hydrogen) atoms. The molecule has 0 bridgehead atoms. The first-order valence-electron chi connectivity index (χ1n) is 10.6. The lowest BCUT2D eigenvalue weighted by atomic mass is 9.52. The Kier molecular flexibility index (Phi) is 4.02. The number of carbonyl (C=O) groups excluding carboxylic acids is 1. The summed E-state index contributed by atoms with van der Waals surface area (Å²) in [5.74, 6) is 2.60. The molecule has 4 heteroatoms. The molecule has 0 amide bonds. The Morgan fingerprint density at radius 2 is 1.92 bits per heavy atom. The molecule has 0 aromatic rings. The van der Waals surface area contributed by atoms with Gasteiger partial charge in [-0.2, -0.15) is 0 Å². The van der Waals surface area contributed by atoms with Gasteiger partial charge < -0.3 is 14.2 Å². The molecule has 6 atom stereocenters. The monoisotopic (exact) mass is 360 g/mol. The third-order valence-corrected chi connectivity index (χ3v) is 8.48. The topological polar surface area (TPSA) is 44.8 Å². The van der Waals surface area contributed by atoms with Crippen molar-refractivity contribution in [1.82, 2.24) is 0 Å². The summed E-state index contributed by atoms with van der Waals surface area (Å²) in [6.45, 7) is 5.46. The SMILES string of the molecule is CC(=O)O[C@H]1CC[C@H]2[C@@H]3CC=C4CC5(CC[C@@H]4[C@H]3CC[C@]12C)OCCO5. The highest BCUT2D eigenvalue weighted by molar-refractivity contribution is 5.66. The van der Waals surface area contributed by atoms with Crippen molar-refractivity contribution in [2.24, 2.45) is 29.1 Å². The number of rotatable bonds is 1. The molecule has 3 saturated carbocycles. The van der Waals surface area contributed by atoms with Gasteiger partial charge in [-0.05, 0) is 62.2 Å². The van der Waals surface area contributed by atoms with Gasteiger partial charge in [-0.1, -0.05) is 18.6 Å². The molecule has 1 aliphatic heterocycles. The van der Waals surface area contributed by atoms with E-state index >= 15 is 0 Å². The van der Waals surface area contributed by atoms with Crippen LogP contribution in [0.25, 0.3) is 0 Å². The summed E-state index contributed by atoms with van der Waals surface area (Å²) in [4.78, 5) is 11.6. The van der Waals surface area contributed by atoms with Crippen LogP contribution in [-0.4, -0.2) is 31.1 Å². The number of allylic oxidation sites excluding steroid dienone is 1. The standard InChI is InChI=1S/C22H32O4/c1-14(23)26-20-6-5-19-18-4-3-15-13-22(24-11-12-25-22)10-8-16(15)17(18)7-9-21(19,20)2/h3,16-20H,4-13H2,1-2H3/t16-,17+,18+,19-,20-,21-/m0/s1. The van der Waals surface area contributed by atoms with E-state index in [4.69, 9.17) is 14.2 Å². The van der Waals surface area contributed by atoms with Gasteiger partial charge in [-0.3, -0.25) is 4.79 Å². The first-order valence-corrected chi connectivity index (χ1v) is 10.6. The molecule has 5 rings (SSSR count). The molecule has 4 fully saturated rings. The number of carbonyl (C=O) groups is 1. The summed E-state index contributed by atoms with van der Waals surface area (Å²) in [7, 11) is 0. The number of hydrogen-bond acceptors (Lipinski definition) is 4. The van der Waals surface area contributed by atoms with Crippen LogP contribution >= 0.6 is 0 Å². The largest absolute Gasteiger partial charge is 0.462 e. The highest BCUT2D eigenvalue weighted by Crippen LogP contribution is 2.62. The van der Waals surface area contributed by atoms with Crippen molar-refractivity contribution in [3.8, 4) is 0 Å². The fraction of sp³-hybridized carbons (Fsp3) is 0.864. The van der Waals surface area contributed by atoms with E-state index in [2.05, 4.69) is 13.0 Å². The number of hydrogen-bond donors (Lipinski definition) is 0. The van der Waals surface area contributed by atoms with Crippen LogP contribution < -0.4 is 0 Å². The van der Waals surface area contributed by atoms with Gasteiger partial charge >= 0.3 is 5.97 Å². The molecule has 0 radical (unpaired) electrons. The Morgan fingerprint density at radius 3 is 2.69 bits per heavy atom. The van der Waals surface area contributed by atoms with Crippen LogP contribution in [0.2, 0.25) is 0 Å². The van der Waals surface area contributed by atoms with Gasteiger partial charge in [0.05, 0.1) is 13.2 Å². The van der Waals surface area contributed by atoms with Crippen molar-refractivity contribution in [3.63, 3.8) is 0 Å². The van der Waals surface area contributed by atoms with Gasteiger partial charge in [-0.25, -0.2) is 0 Å². The number of ether oxygens (including phenoxy) is 3. The number of esters is 1. The summed E-state index contributed by atoms with van der Waals surface area (Å²) >= 11 is 0. The number of fused-ring (bicyclic) bond motifs is 5. The Labute approximate surface area is 156 Å². The lowest BCUT2D eigenvalue weighted by Gasteiger charge is -2.54. The third kappa shape index (κ3) is 2.51. The average Bonchev–Trinajstić information content (AvgIpc) is 3.19. The lowest BCUT2D eigenvalue weighted by Crippen LogP contribution is -2.49. The molecule has 1 heterocycles. The molecule has 0 N–H and O–H groups in total. The van der Waals surface area contributed by atoms with Crippen molar-refractivity contribution in [2.75, 3.05) is 13.2 Å². The van der Waals surface area contributed by atoms with Crippen LogP contribution in [0, 0.1) is 29.1 Å². The molecule has 5 aliphatic rings. The van der Waals surface area contributed by atoms with E-state index in [1.807, 2.05) is 0 Å². The molecule has 4 nitrogen and oxygen atoms in total. The Balaban J connectivity index is 1.37. The molecule has 0 aromatic heterocycles. The minimum atomic E-state index is -0.299. The molecule has 144 valence electrons. The van der Waals surface area contributed by atoms with E-state index < -0.39 is 0 Å². The van der Waals surface area contributed by atoms with Gasteiger partial charge in [0, 0.05) is 25.2 Å². The summed E-state index contributed by atoms with van der Waals surface area (Å²) in [5.41, 5.74) is 1.80. The van der Waals surface area contributed by atoms with Gasteiger partial charge in [0.25, 0.3) is 0 Å². The zero-order valence-corrected chi connectivity index (χ0v) is 16.2. The van der Waals surface area contributed by atoms with E-state index in [1.54, 1.807) is 12.5 Å². The zero-order chi connectivity index (χ0) is 17.9. The highest BCUT2D eigenvalue weighted by Gasteiger charge is 2.58. The summed E-state index contributed by atoms with van der Waals surface area (Å²) in [6.07, 6.45) is 11.9. The maximum Gasteiger partial charge on any atom is 0.302 e. The second-order valence-corrected chi connectivity index (χ2v) is 9.60. The molecule has 4 aliphatic carbocycles. The molecule has 0 aromatic carbocycles. The summed E-state index contributed by atoms with van der Waals surface area (Å²) in [5, 5.41) is 0. The Hall–Kier alpha value is -0.870. The van der Waals surface area contributed by atoms with Gasteiger partial charge in [-0.15, -0.1) is 0 Å². The molecule has 1 saturated heterocycles. The van der Waals surface area contributed by atoms with Crippen LogP contribution in [-0.2, 0) is 19.0 Å². The molecule has 1 spiro atoms. The Bertz CT molecular complexity index is 620. The summed E-state index contributed by atoms with van der Waals surface area (Å²) < 4.78 is 17.7. The van der Waals surface area contributed by atoms with E-state index in [9.17, 15) is 4.79 Å². The summed E-state index contributed by atoms with van der Waals surface area (Å²) in [6, 6.07) is 0. The predicted octanol–water partition coefficient (Wildman–Crippen LogP) is 4.23. The first-order chi connectivity index (χ1) is 12.5. The van der Waals surface area contributed by atoms with Crippen LogP contribution in [0.3, 0.4) is 0 Å².